The average molecular weight is 268 g/mol. The van der Waals surface area contributed by atoms with E-state index in [2.05, 4.69) is 24.4 Å². The second kappa shape index (κ2) is 6.55. The molecule has 2 unspecified atom stereocenters. The van der Waals surface area contributed by atoms with Gasteiger partial charge in [-0.1, -0.05) is 23.7 Å². The first-order valence-electron chi connectivity index (χ1n) is 6.68. The lowest BCUT2D eigenvalue weighted by atomic mass is 10.1. The molecule has 0 radical (unpaired) electrons. The summed E-state index contributed by atoms with van der Waals surface area (Å²) in [7, 11) is 1.78. The Morgan fingerprint density at radius 3 is 2.56 bits per heavy atom. The number of hydrogen-bond donors (Lipinski definition) is 1. The second-order valence-electron chi connectivity index (χ2n) is 5.30. The van der Waals surface area contributed by atoms with Crippen molar-refractivity contribution in [1.82, 2.24) is 5.32 Å². The van der Waals surface area contributed by atoms with Crippen LogP contribution >= 0.6 is 11.6 Å². The van der Waals surface area contributed by atoms with Gasteiger partial charge in [-0.2, -0.15) is 0 Å². The fourth-order valence-electron chi connectivity index (χ4n) is 2.40. The van der Waals surface area contributed by atoms with E-state index in [9.17, 15) is 0 Å². The minimum Gasteiger partial charge on any atom is -0.383 e. The average Bonchev–Trinajstić information content (AvgIpc) is 3.16. The smallest absolute Gasteiger partial charge is 0.0618 e. The van der Waals surface area contributed by atoms with Crippen molar-refractivity contribution in [1.29, 1.82) is 0 Å². The zero-order valence-corrected chi connectivity index (χ0v) is 11.9. The molecule has 0 bridgehead atoms. The van der Waals surface area contributed by atoms with Crippen LogP contribution in [0.15, 0.2) is 24.3 Å². The largest absolute Gasteiger partial charge is 0.383 e. The van der Waals surface area contributed by atoms with E-state index in [1.165, 1.54) is 18.4 Å². The summed E-state index contributed by atoms with van der Waals surface area (Å²) in [5.74, 6) is 0.817. The highest BCUT2D eigenvalue weighted by Gasteiger charge is 2.31. The zero-order valence-electron chi connectivity index (χ0n) is 11.2. The molecule has 1 saturated carbocycles. The third-order valence-corrected chi connectivity index (χ3v) is 3.74. The molecule has 2 nitrogen and oxygen atoms in total. The molecular formula is C15H22ClNO. The van der Waals surface area contributed by atoms with E-state index in [1.54, 1.807) is 7.11 Å². The van der Waals surface area contributed by atoms with Gasteiger partial charge in [0.2, 0.25) is 0 Å². The highest BCUT2D eigenvalue weighted by atomic mass is 35.5. The van der Waals surface area contributed by atoms with Gasteiger partial charge in [0.25, 0.3) is 0 Å². The van der Waals surface area contributed by atoms with Gasteiger partial charge in [-0.15, -0.1) is 0 Å². The first-order chi connectivity index (χ1) is 8.69. The van der Waals surface area contributed by atoms with Crippen molar-refractivity contribution in [3.8, 4) is 0 Å². The first-order valence-corrected chi connectivity index (χ1v) is 7.06. The van der Waals surface area contributed by atoms with Crippen molar-refractivity contribution in [2.24, 2.45) is 5.92 Å². The van der Waals surface area contributed by atoms with Crippen molar-refractivity contribution in [3.05, 3.63) is 34.9 Å². The van der Waals surface area contributed by atoms with E-state index in [0.717, 1.165) is 24.0 Å². The van der Waals surface area contributed by atoms with Crippen molar-refractivity contribution in [2.45, 2.75) is 38.3 Å². The SMILES string of the molecule is COCC(NC(C)Cc1ccc(Cl)cc1)C1CC1. The van der Waals surface area contributed by atoms with Gasteiger partial charge in [0.05, 0.1) is 6.61 Å². The summed E-state index contributed by atoms with van der Waals surface area (Å²) in [4.78, 5) is 0. The van der Waals surface area contributed by atoms with E-state index in [0.29, 0.717) is 12.1 Å². The molecule has 18 heavy (non-hydrogen) atoms. The summed E-state index contributed by atoms with van der Waals surface area (Å²) in [5, 5.41) is 4.49. The quantitative estimate of drug-likeness (QED) is 0.819. The number of halogens is 1. The van der Waals surface area contributed by atoms with Gasteiger partial charge in [-0.25, -0.2) is 0 Å². The molecule has 100 valence electrons. The molecule has 1 fully saturated rings. The molecule has 0 heterocycles. The van der Waals surface area contributed by atoms with Gasteiger partial charge in [0, 0.05) is 24.2 Å². The zero-order chi connectivity index (χ0) is 13.0. The number of hydrogen-bond acceptors (Lipinski definition) is 2. The van der Waals surface area contributed by atoms with Crippen LogP contribution in [-0.2, 0) is 11.2 Å². The molecule has 1 aliphatic rings. The monoisotopic (exact) mass is 267 g/mol. The fourth-order valence-corrected chi connectivity index (χ4v) is 2.52. The summed E-state index contributed by atoms with van der Waals surface area (Å²) in [6, 6.07) is 9.09. The molecule has 0 amide bonds. The molecule has 1 aromatic carbocycles. The Labute approximate surface area is 115 Å². The molecule has 2 rings (SSSR count). The maximum absolute atomic E-state index is 5.89. The molecule has 0 aromatic heterocycles. The van der Waals surface area contributed by atoms with Crippen LogP contribution in [0.2, 0.25) is 5.02 Å². The summed E-state index contributed by atoms with van der Waals surface area (Å²) in [6.07, 6.45) is 3.72. The van der Waals surface area contributed by atoms with Gasteiger partial charge < -0.3 is 10.1 Å². The second-order valence-corrected chi connectivity index (χ2v) is 5.73. The topological polar surface area (TPSA) is 21.3 Å². The van der Waals surface area contributed by atoms with Crippen molar-refractivity contribution >= 4 is 11.6 Å². The Bertz CT molecular complexity index is 361. The highest BCUT2D eigenvalue weighted by molar-refractivity contribution is 6.30. The predicted octanol–water partition coefficient (Wildman–Crippen LogP) is 3.29. The lowest BCUT2D eigenvalue weighted by Crippen LogP contribution is -2.42. The van der Waals surface area contributed by atoms with Crippen LogP contribution in [0.5, 0.6) is 0 Å². The predicted molar refractivity (Wildman–Crippen MR) is 76.1 cm³/mol. The maximum Gasteiger partial charge on any atom is 0.0618 e. The number of nitrogens with one attached hydrogen (secondary N) is 1. The van der Waals surface area contributed by atoms with E-state index in [4.69, 9.17) is 16.3 Å². The van der Waals surface area contributed by atoms with Crippen LogP contribution in [0.4, 0.5) is 0 Å². The summed E-state index contributed by atoms with van der Waals surface area (Å²) >= 11 is 5.89. The standard InChI is InChI=1S/C15H22ClNO/c1-11(9-12-3-7-14(16)8-4-12)17-15(10-18-2)13-5-6-13/h3-4,7-8,11,13,15,17H,5-6,9-10H2,1-2H3. The third-order valence-electron chi connectivity index (χ3n) is 3.49. The Morgan fingerprint density at radius 2 is 2.00 bits per heavy atom. The van der Waals surface area contributed by atoms with E-state index in [1.807, 2.05) is 12.1 Å². The van der Waals surface area contributed by atoms with Crippen LogP contribution < -0.4 is 5.32 Å². The lowest BCUT2D eigenvalue weighted by Gasteiger charge is -2.22. The number of ether oxygens (including phenoxy) is 1. The Morgan fingerprint density at radius 1 is 1.33 bits per heavy atom. The van der Waals surface area contributed by atoms with Crippen LogP contribution in [0.3, 0.4) is 0 Å². The molecule has 0 aliphatic heterocycles. The van der Waals surface area contributed by atoms with Crippen LogP contribution in [0.1, 0.15) is 25.3 Å². The van der Waals surface area contributed by atoms with Crippen LogP contribution in [-0.4, -0.2) is 25.8 Å². The molecule has 1 aliphatic carbocycles. The minimum atomic E-state index is 0.465. The third kappa shape index (κ3) is 4.27. The Kier molecular flexibility index (Phi) is 5.04. The van der Waals surface area contributed by atoms with Gasteiger partial charge in [0.1, 0.15) is 0 Å². The van der Waals surface area contributed by atoms with Crippen molar-refractivity contribution in [3.63, 3.8) is 0 Å². The maximum atomic E-state index is 5.89. The van der Waals surface area contributed by atoms with E-state index in [-0.39, 0.29) is 0 Å². The number of benzene rings is 1. The Hall–Kier alpha value is -0.570. The molecule has 0 saturated heterocycles. The fraction of sp³-hybridized carbons (Fsp3) is 0.600. The van der Waals surface area contributed by atoms with Gasteiger partial charge in [0.15, 0.2) is 0 Å². The van der Waals surface area contributed by atoms with Crippen LogP contribution in [0.25, 0.3) is 0 Å². The molecular weight excluding hydrogens is 246 g/mol. The first kappa shape index (κ1) is 13.9. The minimum absolute atomic E-state index is 0.465. The van der Waals surface area contributed by atoms with E-state index >= 15 is 0 Å². The molecule has 3 heteroatoms. The van der Waals surface area contributed by atoms with Crippen molar-refractivity contribution < 1.29 is 4.74 Å². The molecule has 0 spiro atoms. The normalized spacial score (nSPS) is 18.6. The molecule has 1 N–H and O–H groups in total. The van der Waals surface area contributed by atoms with Gasteiger partial charge in [-0.3, -0.25) is 0 Å². The van der Waals surface area contributed by atoms with Crippen molar-refractivity contribution in [2.75, 3.05) is 13.7 Å². The summed E-state index contributed by atoms with van der Waals surface area (Å²) < 4.78 is 5.29. The number of rotatable bonds is 7. The van der Waals surface area contributed by atoms with E-state index < -0.39 is 0 Å². The molecule has 1 aromatic rings. The van der Waals surface area contributed by atoms with Gasteiger partial charge >= 0.3 is 0 Å². The summed E-state index contributed by atoms with van der Waals surface area (Å²) in [5.41, 5.74) is 1.33. The highest BCUT2D eigenvalue weighted by Crippen LogP contribution is 2.33. The summed E-state index contributed by atoms with van der Waals surface area (Å²) in [6.45, 7) is 3.05. The molecule has 2 atom stereocenters. The lowest BCUT2D eigenvalue weighted by molar-refractivity contribution is 0.152. The number of methoxy groups -OCH3 is 1. The van der Waals surface area contributed by atoms with Crippen LogP contribution in [0, 0.1) is 5.92 Å². The van der Waals surface area contributed by atoms with Gasteiger partial charge in [-0.05, 0) is 49.8 Å². The Balaban J connectivity index is 1.83.